The Hall–Kier alpha value is -3.65. The zero-order valence-electron chi connectivity index (χ0n) is 12.6. The SMILES string of the molecule is N#C/C(=C\c1cn(-c2ccccc2)nc1-c1ccccc1)C(=O)[O-]. The first kappa shape index (κ1) is 15.3. The molecule has 0 unspecified atom stereocenters. The van der Waals surface area contributed by atoms with Gasteiger partial charge in [0.15, 0.2) is 0 Å². The lowest BCUT2D eigenvalue weighted by Crippen LogP contribution is -2.23. The third-order valence-electron chi connectivity index (χ3n) is 3.45. The Balaban J connectivity index is 2.18. The topological polar surface area (TPSA) is 81.7 Å². The number of para-hydroxylation sites is 1. The highest BCUT2D eigenvalue weighted by Gasteiger charge is 2.11. The minimum Gasteiger partial charge on any atom is -0.544 e. The van der Waals surface area contributed by atoms with Gasteiger partial charge in [-0.05, 0) is 18.2 Å². The van der Waals surface area contributed by atoms with Gasteiger partial charge in [0.25, 0.3) is 0 Å². The van der Waals surface area contributed by atoms with E-state index in [2.05, 4.69) is 5.10 Å². The van der Waals surface area contributed by atoms with E-state index >= 15 is 0 Å². The second-order valence-electron chi connectivity index (χ2n) is 5.04. The second-order valence-corrected chi connectivity index (χ2v) is 5.04. The molecule has 0 aliphatic heterocycles. The van der Waals surface area contributed by atoms with Gasteiger partial charge < -0.3 is 9.90 Å². The number of nitriles is 1. The van der Waals surface area contributed by atoms with Crippen LogP contribution in [0.1, 0.15) is 5.56 Å². The average molecular weight is 314 g/mol. The van der Waals surface area contributed by atoms with Gasteiger partial charge in [-0.15, -0.1) is 0 Å². The van der Waals surface area contributed by atoms with E-state index in [1.54, 1.807) is 16.9 Å². The molecule has 3 rings (SSSR count). The minimum absolute atomic E-state index is 0.445. The van der Waals surface area contributed by atoms with Crippen LogP contribution >= 0.6 is 0 Å². The molecule has 24 heavy (non-hydrogen) atoms. The molecule has 5 nitrogen and oxygen atoms in total. The molecule has 5 heteroatoms. The summed E-state index contributed by atoms with van der Waals surface area (Å²) in [5.41, 5.74) is 2.34. The molecule has 0 atom stereocenters. The van der Waals surface area contributed by atoms with E-state index in [0.29, 0.717) is 11.3 Å². The van der Waals surface area contributed by atoms with Gasteiger partial charge in [-0.3, -0.25) is 0 Å². The number of carbonyl (C=O) groups excluding carboxylic acids is 1. The highest BCUT2D eigenvalue weighted by Crippen LogP contribution is 2.25. The Labute approximate surface area is 138 Å². The fraction of sp³-hybridized carbons (Fsp3) is 0. The van der Waals surface area contributed by atoms with E-state index < -0.39 is 11.5 Å². The number of hydrogen-bond donors (Lipinski definition) is 0. The molecule has 0 aliphatic rings. The highest BCUT2D eigenvalue weighted by atomic mass is 16.4. The average Bonchev–Trinajstić information content (AvgIpc) is 3.05. The van der Waals surface area contributed by atoms with Gasteiger partial charge in [0.2, 0.25) is 0 Å². The molecule has 0 fully saturated rings. The lowest BCUT2D eigenvalue weighted by Gasteiger charge is -2.01. The predicted octanol–water partition coefficient (Wildman–Crippen LogP) is 2.20. The number of aromatic nitrogens is 2. The number of carboxylic acids is 1. The number of nitrogens with zero attached hydrogens (tertiary/aromatic N) is 3. The molecular weight excluding hydrogens is 302 g/mol. The summed E-state index contributed by atoms with van der Waals surface area (Å²) in [4.78, 5) is 11.0. The van der Waals surface area contributed by atoms with Crippen LogP contribution in [0.2, 0.25) is 0 Å². The maximum Gasteiger partial charge on any atom is 0.101 e. The smallest absolute Gasteiger partial charge is 0.101 e. The van der Waals surface area contributed by atoms with Crippen molar-refractivity contribution in [3.63, 3.8) is 0 Å². The highest BCUT2D eigenvalue weighted by molar-refractivity contribution is 5.96. The van der Waals surface area contributed by atoms with Gasteiger partial charge in [0.1, 0.15) is 6.07 Å². The largest absolute Gasteiger partial charge is 0.544 e. The van der Waals surface area contributed by atoms with Gasteiger partial charge in [0.05, 0.1) is 22.9 Å². The van der Waals surface area contributed by atoms with Gasteiger partial charge in [-0.25, -0.2) is 4.68 Å². The minimum atomic E-state index is -1.51. The Kier molecular flexibility index (Phi) is 4.21. The molecule has 0 saturated heterocycles. The first-order chi connectivity index (χ1) is 11.7. The molecule has 0 spiro atoms. The van der Waals surface area contributed by atoms with Crippen molar-refractivity contribution in [3.05, 3.63) is 78.0 Å². The van der Waals surface area contributed by atoms with E-state index in [1.807, 2.05) is 60.7 Å². The van der Waals surface area contributed by atoms with Gasteiger partial charge in [-0.2, -0.15) is 10.4 Å². The lowest BCUT2D eigenvalue weighted by molar-refractivity contribution is -0.298. The van der Waals surface area contributed by atoms with Crippen LogP contribution in [0.4, 0.5) is 0 Å². The Morgan fingerprint density at radius 2 is 1.71 bits per heavy atom. The van der Waals surface area contributed by atoms with Crippen molar-refractivity contribution in [1.29, 1.82) is 5.26 Å². The maximum absolute atomic E-state index is 11.0. The fourth-order valence-corrected chi connectivity index (χ4v) is 2.32. The fourth-order valence-electron chi connectivity index (χ4n) is 2.32. The number of carboxylic acid groups (broad SMARTS) is 1. The van der Waals surface area contributed by atoms with E-state index in [1.165, 1.54) is 6.08 Å². The third kappa shape index (κ3) is 3.08. The van der Waals surface area contributed by atoms with Crippen LogP contribution in [0.25, 0.3) is 23.0 Å². The lowest BCUT2D eigenvalue weighted by atomic mass is 10.1. The quantitative estimate of drug-likeness (QED) is 0.546. The summed E-state index contributed by atoms with van der Waals surface area (Å²) >= 11 is 0. The summed E-state index contributed by atoms with van der Waals surface area (Å²) in [5.74, 6) is -1.51. The summed E-state index contributed by atoms with van der Waals surface area (Å²) in [5, 5.41) is 24.6. The van der Waals surface area contributed by atoms with Crippen LogP contribution in [0.15, 0.2) is 72.4 Å². The van der Waals surface area contributed by atoms with Gasteiger partial charge >= 0.3 is 0 Å². The number of aliphatic carboxylic acids is 1. The Bertz CT molecular complexity index is 936. The van der Waals surface area contributed by atoms with Crippen LogP contribution in [-0.2, 0) is 4.79 Å². The third-order valence-corrected chi connectivity index (χ3v) is 3.45. The van der Waals surface area contributed by atoms with Crippen molar-refractivity contribution in [1.82, 2.24) is 9.78 Å². The molecule has 3 aromatic rings. The van der Waals surface area contributed by atoms with Crippen LogP contribution < -0.4 is 5.11 Å². The van der Waals surface area contributed by atoms with Crippen LogP contribution in [0.3, 0.4) is 0 Å². The van der Waals surface area contributed by atoms with E-state index in [9.17, 15) is 9.90 Å². The van der Waals surface area contributed by atoms with Crippen LogP contribution in [0, 0.1) is 11.3 Å². The summed E-state index contributed by atoms with van der Waals surface area (Å²) < 4.78 is 1.65. The summed E-state index contributed by atoms with van der Waals surface area (Å²) in [6.45, 7) is 0. The number of benzene rings is 2. The number of carbonyl (C=O) groups is 1. The van der Waals surface area contributed by atoms with Crippen molar-refractivity contribution < 1.29 is 9.90 Å². The van der Waals surface area contributed by atoms with Crippen LogP contribution in [-0.4, -0.2) is 15.7 Å². The summed E-state index contributed by atoms with van der Waals surface area (Å²) in [6, 6.07) is 20.5. The van der Waals surface area contributed by atoms with E-state index in [4.69, 9.17) is 5.26 Å². The van der Waals surface area contributed by atoms with E-state index in [-0.39, 0.29) is 0 Å². The normalized spacial score (nSPS) is 11.0. The van der Waals surface area contributed by atoms with Crippen LogP contribution in [0.5, 0.6) is 0 Å². The molecular formula is C19H12N3O2-. The predicted molar refractivity (Wildman–Crippen MR) is 87.6 cm³/mol. The van der Waals surface area contributed by atoms with Crippen molar-refractivity contribution in [2.45, 2.75) is 0 Å². The molecule has 2 aromatic carbocycles. The first-order valence-corrected chi connectivity index (χ1v) is 7.22. The second kappa shape index (κ2) is 6.63. The molecule has 0 bridgehead atoms. The Morgan fingerprint density at radius 1 is 1.08 bits per heavy atom. The Morgan fingerprint density at radius 3 is 2.29 bits per heavy atom. The number of rotatable bonds is 4. The monoisotopic (exact) mass is 314 g/mol. The molecule has 116 valence electrons. The van der Waals surface area contributed by atoms with Gasteiger partial charge in [-0.1, -0.05) is 48.5 Å². The molecule has 0 amide bonds. The maximum atomic E-state index is 11.0. The number of hydrogen-bond acceptors (Lipinski definition) is 4. The summed E-state index contributed by atoms with van der Waals surface area (Å²) in [7, 11) is 0. The van der Waals surface area contributed by atoms with Crippen molar-refractivity contribution >= 4 is 12.0 Å². The molecule has 0 N–H and O–H groups in total. The van der Waals surface area contributed by atoms with Crippen molar-refractivity contribution in [2.24, 2.45) is 0 Å². The molecule has 0 radical (unpaired) electrons. The van der Waals surface area contributed by atoms with Crippen molar-refractivity contribution in [3.8, 4) is 23.0 Å². The zero-order valence-corrected chi connectivity index (χ0v) is 12.6. The van der Waals surface area contributed by atoms with Crippen molar-refractivity contribution in [2.75, 3.05) is 0 Å². The zero-order chi connectivity index (χ0) is 16.9. The first-order valence-electron chi connectivity index (χ1n) is 7.22. The molecule has 0 saturated carbocycles. The van der Waals surface area contributed by atoms with E-state index in [0.717, 1.165) is 11.3 Å². The standard InChI is InChI=1S/C19H13N3O2/c20-12-15(19(23)24)11-16-13-22(17-9-5-2-6-10-17)21-18(16)14-7-3-1-4-8-14/h1-11,13H,(H,23,24)/p-1/b15-11+. The van der Waals surface area contributed by atoms with Gasteiger partial charge in [0, 0.05) is 17.3 Å². The molecule has 1 heterocycles. The summed E-state index contributed by atoms with van der Waals surface area (Å²) in [6.07, 6.45) is 2.97. The molecule has 1 aromatic heterocycles. The molecule has 0 aliphatic carbocycles.